The van der Waals surface area contributed by atoms with Crippen molar-refractivity contribution in [3.63, 3.8) is 0 Å². The number of imidazole rings is 1. The van der Waals surface area contributed by atoms with Crippen LogP contribution in [-0.4, -0.2) is 50.4 Å². The van der Waals surface area contributed by atoms with E-state index >= 15 is 0 Å². The van der Waals surface area contributed by atoms with Gasteiger partial charge in [0.25, 0.3) is 5.91 Å². The molecular formula is C23H24N6O2S. The second-order valence-electron chi connectivity index (χ2n) is 7.99. The molecule has 2 N–H and O–H groups in total. The molecule has 1 aliphatic heterocycles. The standard InChI is InChI=1S/C23H24N6O2S/c1-13-8-17(28-23-24-11-14(2)32-23)10-20(25-13)21-12-29(6-7-31-21)22(30)16-4-5-18-19(9-16)27-15(3)26-18/h4-5,8-11,21H,6-7,12H2,1-3H3,(H,26,27)(H,24,25,28)/t21-/m1/s1. The van der Waals surface area contributed by atoms with Crippen molar-refractivity contribution in [2.75, 3.05) is 25.0 Å². The maximum Gasteiger partial charge on any atom is 0.254 e. The number of fused-ring (bicyclic) bond motifs is 1. The highest BCUT2D eigenvalue weighted by Crippen LogP contribution is 2.28. The summed E-state index contributed by atoms with van der Waals surface area (Å²) in [6, 6.07) is 9.53. The smallest absolute Gasteiger partial charge is 0.254 e. The Kier molecular flexibility index (Phi) is 5.36. The van der Waals surface area contributed by atoms with Crippen LogP contribution >= 0.6 is 11.3 Å². The van der Waals surface area contributed by atoms with Gasteiger partial charge in [-0.15, -0.1) is 11.3 Å². The van der Waals surface area contributed by atoms with Gasteiger partial charge in [-0.05, 0) is 51.1 Å². The van der Waals surface area contributed by atoms with E-state index in [2.05, 4.69) is 25.3 Å². The highest BCUT2D eigenvalue weighted by atomic mass is 32.1. The quantitative estimate of drug-likeness (QED) is 0.483. The van der Waals surface area contributed by atoms with E-state index in [1.807, 2.05) is 62.2 Å². The predicted molar refractivity (Wildman–Crippen MR) is 125 cm³/mol. The summed E-state index contributed by atoms with van der Waals surface area (Å²) in [4.78, 5) is 32.8. The van der Waals surface area contributed by atoms with Crippen molar-refractivity contribution in [3.05, 3.63) is 64.2 Å². The van der Waals surface area contributed by atoms with Gasteiger partial charge >= 0.3 is 0 Å². The lowest BCUT2D eigenvalue weighted by Crippen LogP contribution is -2.42. The number of carbonyl (C=O) groups is 1. The Morgan fingerprint density at radius 2 is 2.09 bits per heavy atom. The Balaban J connectivity index is 1.35. The second kappa shape index (κ2) is 8.33. The molecule has 0 aliphatic carbocycles. The van der Waals surface area contributed by atoms with Crippen molar-refractivity contribution in [3.8, 4) is 0 Å². The number of benzene rings is 1. The normalized spacial score (nSPS) is 16.5. The minimum Gasteiger partial charge on any atom is -0.368 e. The first-order valence-corrected chi connectivity index (χ1v) is 11.3. The maximum absolute atomic E-state index is 13.2. The summed E-state index contributed by atoms with van der Waals surface area (Å²) in [6.45, 7) is 7.34. The number of rotatable bonds is 4. The maximum atomic E-state index is 13.2. The average Bonchev–Trinajstić information content (AvgIpc) is 3.36. The summed E-state index contributed by atoms with van der Waals surface area (Å²) >= 11 is 1.60. The fraction of sp³-hybridized carbons (Fsp3) is 0.304. The van der Waals surface area contributed by atoms with Gasteiger partial charge in [0.2, 0.25) is 0 Å². The van der Waals surface area contributed by atoms with Crippen LogP contribution in [0.3, 0.4) is 0 Å². The van der Waals surface area contributed by atoms with Crippen molar-refractivity contribution in [1.29, 1.82) is 0 Å². The van der Waals surface area contributed by atoms with Crippen molar-refractivity contribution < 1.29 is 9.53 Å². The molecule has 0 unspecified atom stereocenters. The zero-order valence-corrected chi connectivity index (χ0v) is 19.0. The van der Waals surface area contributed by atoms with Crippen LogP contribution < -0.4 is 5.32 Å². The number of pyridine rings is 1. The Morgan fingerprint density at radius 1 is 1.22 bits per heavy atom. The van der Waals surface area contributed by atoms with E-state index in [0.29, 0.717) is 25.3 Å². The first kappa shape index (κ1) is 20.6. The number of aromatic amines is 1. The number of carbonyl (C=O) groups excluding carboxylic acids is 1. The molecule has 164 valence electrons. The van der Waals surface area contributed by atoms with Crippen LogP contribution in [0.1, 0.15) is 38.6 Å². The molecule has 4 aromatic rings. The van der Waals surface area contributed by atoms with E-state index in [1.54, 1.807) is 11.3 Å². The Morgan fingerprint density at radius 3 is 2.91 bits per heavy atom. The van der Waals surface area contributed by atoms with Crippen molar-refractivity contribution in [2.45, 2.75) is 26.9 Å². The predicted octanol–water partition coefficient (Wildman–Crippen LogP) is 4.30. The zero-order valence-electron chi connectivity index (χ0n) is 18.2. The number of anilines is 2. The highest BCUT2D eigenvalue weighted by molar-refractivity contribution is 7.15. The average molecular weight is 449 g/mol. The first-order valence-electron chi connectivity index (χ1n) is 10.5. The van der Waals surface area contributed by atoms with Gasteiger partial charge in [-0.25, -0.2) is 9.97 Å². The molecule has 0 radical (unpaired) electrons. The molecule has 1 fully saturated rings. The van der Waals surface area contributed by atoms with Gasteiger partial charge in [0, 0.05) is 34.6 Å². The molecule has 1 atom stereocenters. The largest absolute Gasteiger partial charge is 0.368 e. The van der Waals surface area contributed by atoms with Crippen molar-refractivity contribution in [1.82, 2.24) is 24.8 Å². The van der Waals surface area contributed by atoms with Crippen LogP contribution in [0.2, 0.25) is 0 Å². The molecule has 1 amide bonds. The fourth-order valence-corrected chi connectivity index (χ4v) is 4.62. The summed E-state index contributed by atoms with van der Waals surface area (Å²) in [6.07, 6.45) is 1.56. The van der Waals surface area contributed by atoms with Gasteiger partial charge in [-0.1, -0.05) is 0 Å². The first-order chi connectivity index (χ1) is 15.4. The van der Waals surface area contributed by atoms with Crippen LogP contribution in [0.5, 0.6) is 0 Å². The lowest BCUT2D eigenvalue weighted by molar-refractivity contribution is -0.0247. The molecule has 9 heteroatoms. The molecule has 1 aliphatic rings. The number of nitrogens with one attached hydrogen (secondary N) is 2. The van der Waals surface area contributed by atoms with Gasteiger partial charge in [0.05, 0.1) is 29.9 Å². The number of thiazole rings is 1. The van der Waals surface area contributed by atoms with E-state index in [4.69, 9.17) is 4.74 Å². The van der Waals surface area contributed by atoms with Gasteiger partial charge < -0.3 is 19.9 Å². The Labute approximate surface area is 189 Å². The van der Waals surface area contributed by atoms with E-state index in [1.165, 1.54) is 0 Å². The molecular weight excluding hydrogens is 424 g/mol. The minimum absolute atomic E-state index is 0.0169. The number of morpholine rings is 1. The van der Waals surface area contributed by atoms with Crippen LogP contribution in [0.25, 0.3) is 11.0 Å². The molecule has 0 spiro atoms. The lowest BCUT2D eigenvalue weighted by atomic mass is 10.1. The number of hydrogen-bond acceptors (Lipinski definition) is 7. The topological polar surface area (TPSA) is 96.0 Å². The van der Waals surface area contributed by atoms with Crippen LogP contribution in [-0.2, 0) is 4.74 Å². The number of amides is 1. The molecule has 1 saturated heterocycles. The monoisotopic (exact) mass is 448 g/mol. The van der Waals surface area contributed by atoms with E-state index in [9.17, 15) is 4.79 Å². The van der Waals surface area contributed by atoms with E-state index in [-0.39, 0.29) is 12.0 Å². The number of aryl methyl sites for hydroxylation is 3. The summed E-state index contributed by atoms with van der Waals surface area (Å²) in [5.74, 6) is 0.815. The Bertz CT molecular complexity index is 1300. The third-order valence-electron chi connectivity index (χ3n) is 5.38. The molecule has 1 aromatic carbocycles. The third kappa shape index (κ3) is 4.21. The van der Waals surface area contributed by atoms with Crippen LogP contribution in [0.4, 0.5) is 10.8 Å². The third-order valence-corrected chi connectivity index (χ3v) is 6.20. The lowest BCUT2D eigenvalue weighted by Gasteiger charge is -2.33. The SMILES string of the molecule is Cc1cc(Nc2ncc(C)s2)cc([C@H]2CN(C(=O)c3ccc4nc(C)[nH]c4c3)CCO2)n1. The van der Waals surface area contributed by atoms with Crippen LogP contribution in [0, 0.1) is 20.8 Å². The fourth-order valence-electron chi connectivity index (χ4n) is 3.93. The minimum atomic E-state index is -0.288. The number of nitrogens with zero attached hydrogens (tertiary/aromatic N) is 4. The van der Waals surface area contributed by atoms with Gasteiger partial charge in [-0.2, -0.15) is 0 Å². The number of hydrogen-bond donors (Lipinski definition) is 2. The summed E-state index contributed by atoms with van der Waals surface area (Å²) in [7, 11) is 0. The van der Waals surface area contributed by atoms with Crippen molar-refractivity contribution in [2.24, 2.45) is 0 Å². The molecule has 0 saturated carbocycles. The zero-order chi connectivity index (χ0) is 22.2. The number of H-pyrrole nitrogens is 1. The number of aromatic nitrogens is 4. The van der Waals surface area contributed by atoms with E-state index < -0.39 is 0 Å². The van der Waals surface area contributed by atoms with Gasteiger partial charge in [-0.3, -0.25) is 9.78 Å². The Hall–Kier alpha value is -3.30. The number of ether oxygens (including phenoxy) is 1. The van der Waals surface area contributed by atoms with E-state index in [0.717, 1.165) is 43.9 Å². The molecule has 3 aromatic heterocycles. The van der Waals surface area contributed by atoms with Crippen molar-refractivity contribution >= 4 is 39.1 Å². The van der Waals surface area contributed by atoms with Gasteiger partial charge in [0.1, 0.15) is 11.9 Å². The van der Waals surface area contributed by atoms with Gasteiger partial charge in [0.15, 0.2) is 5.13 Å². The summed E-state index contributed by atoms with van der Waals surface area (Å²) in [5, 5.41) is 4.18. The summed E-state index contributed by atoms with van der Waals surface area (Å²) in [5.41, 5.74) is 4.96. The molecule has 4 heterocycles. The molecule has 8 nitrogen and oxygen atoms in total. The molecule has 5 rings (SSSR count). The van der Waals surface area contributed by atoms with Crippen LogP contribution in [0.15, 0.2) is 36.5 Å². The molecule has 0 bridgehead atoms. The summed E-state index contributed by atoms with van der Waals surface area (Å²) < 4.78 is 6.00. The molecule has 32 heavy (non-hydrogen) atoms. The highest BCUT2D eigenvalue weighted by Gasteiger charge is 2.27. The second-order valence-corrected chi connectivity index (χ2v) is 9.22.